The van der Waals surface area contributed by atoms with Crippen molar-refractivity contribution in [1.29, 1.82) is 0 Å². The molecule has 0 spiro atoms. The highest BCUT2D eigenvalue weighted by Crippen LogP contribution is 2.21. The van der Waals surface area contributed by atoms with E-state index in [1.807, 2.05) is 0 Å². The number of aromatic nitrogens is 1. The van der Waals surface area contributed by atoms with Gasteiger partial charge < -0.3 is 15.6 Å². The Kier molecular flexibility index (Phi) is 3.96. The first-order valence-corrected chi connectivity index (χ1v) is 6.51. The minimum atomic E-state index is -0.378. The van der Waals surface area contributed by atoms with Gasteiger partial charge in [-0.3, -0.25) is 4.79 Å². The molecule has 0 aliphatic heterocycles. The Morgan fingerprint density at radius 3 is 2.79 bits per heavy atom. The van der Waals surface area contributed by atoms with Crippen molar-refractivity contribution in [3.63, 3.8) is 0 Å². The fraction of sp³-hybridized carbons (Fsp3) is 0.0833. The normalized spacial score (nSPS) is 10.2. The molecule has 7 heteroatoms. The van der Waals surface area contributed by atoms with Crippen molar-refractivity contribution in [2.45, 2.75) is 6.92 Å². The number of halogens is 1. The molecule has 3 N–H and O–H groups in total. The quantitative estimate of drug-likeness (QED) is 0.840. The number of amides is 1. The van der Waals surface area contributed by atoms with Crippen molar-refractivity contribution in [2.24, 2.45) is 5.73 Å². The molecule has 2 rings (SSSR count). The molecule has 1 amide bonds. The van der Waals surface area contributed by atoms with Crippen LogP contribution in [0.3, 0.4) is 0 Å². The van der Waals surface area contributed by atoms with E-state index in [0.717, 1.165) is 4.47 Å². The number of carbonyl (C=O) groups excluding carboxylic acids is 1. The van der Waals surface area contributed by atoms with Gasteiger partial charge in [-0.05, 0) is 25.1 Å². The number of anilines is 1. The van der Waals surface area contributed by atoms with E-state index in [1.54, 1.807) is 31.2 Å². The minimum absolute atomic E-state index is 0.202. The number of carbonyl (C=O) groups is 1. The molecule has 0 saturated heterocycles. The van der Waals surface area contributed by atoms with Crippen molar-refractivity contribution in [3.8, 4) is 0 Å². The minimum Gasteiger partial charge on any atom is -0.389 e. The lowest BCUT2D eigenvalue weighted by molar-refractivity contribution is 0.101. The van der Waals surface area contributed by atoms with Crippen LogP contribution in [0.4, 0.5) is 5.69 Å². The van der Waals surface area contributed by atoms with Gasteiger partial charge in [0, 0.05) is 16.1 Å². The van der Waals surface area contributed by atoms with Crippen LogP contribution in [0.5, 0.6) is 0 Å². The molecule has 0 radical (unpaired) electrons. The van der Waals surface area contributed by atoms with E-state index in [0.29, 0.717) is 17.0 Å². The van der Waals surface area contributed by atoms with Crippen LogP contribution in [0.25, 0.3) is 0 Å². The second-order valence-corrected chi connectivity index (χ2v) is 5.19. The smallest absolute Gasteiger partial charge is 0.277 e. The molecule has 0 fully saturated rings. The van der Waals surface area contributed by atoms with Gasteiger partial charge in [0.1, 0.15) is 10.7 Å². The number of rotatable bonds is 3. The summed E-state index contributed by atoms with van der Waals surface area (Å²) in [7, 11) is 0. The van der Waals surface area contributed by atoms with Crippen molar-refractivity contribution >= 4 is 44.7 Å². The number of nitrogens with one attached hydrogen (secondary N) is 1. The zero-order valence-corrected chi connectivity index (χ0v) is 12.3. The number of nitrogens with zero attached hydrogens (tertiary/aromatic N) is 1. The highest BCUT2D eigenvalue weighted by Gasteiger charge is 2.14. The fourth-order valence-electron chi connectivity index (χ4n) is 1.49. The Morgan fingerprint density at radius 2 is 2.21 bits per heavy atom. The molecular weight excluding hydrogens is 330 g/mol. The Bertz CT molecular complexity index is 654. The van der Waals surface area contributed by atoms with Gasteiger partial charge in [-0.25, -0.2) is 0 Å². The average molecular weight is 340 g/mol. The summed E-state index contributed by atoms with van der Waals surface area (Å²) < 4.78 is 5.68. The monoisotopic (exact) mass is 339 g/mol. The summed E-state index contributed by atoms with van der Waals surface area (Å²) >= 11 is 8.28. The summed E-state index contributed by atoms with van der Waals surface area (Å²) in [6.45, 7) is 1.71. The Morgan fingerprint density at radius 1 is 1.47 bits per heavy atom. The summed E-state index contributed by atoms with van der Waals surface area (Å²) in [5.74, 6) is 0.187. The van der Waals surface area contributed by atoms with E-state index in [4.69, 9.17) is 22.5 Å². The predicted molar refractivity (Wildman–Crippen MR) is 79.2 cm³/mol. The topological polar surface area (TPSA) is 81.2 Å². The van der Waals surface area contributed by atoms with Gasteiger partial charge >= 0.3 is 0 Å². The highest BCUT2D eigenvalue weighted by molar-refractivity contribution is 9.10. The zero-order chi connectivity index (χ0) is 14.0. The lowest BCUT2D eigenvalue weighted by Gasteiger charge is -2.09. The van der Waals surface area contributed by atoms with Crippen LogP contribution >= 0.6 is 28.1 Å². The van der Waals surface area contributed by atoms with Gasteiger partial charge in [0.05, 0.1) is 5.69 Å². The molecule has 0 saturated carbocycles. The Hall–Kier alpha value is -1.73. The van der Waals surface area contributed by atoms with E-state index in [1.165, 1.54) is 0 Å². The number of hydrogen-bond acceptors (Lipinski definition) is 4. The number of hydrogen-bond donors (Lipinski definition) is 2. The molecule has 0 aliphatic rings. The van der Waals surface area contributed by atoms with Gasteiger partial charge in [0.2, 0.25) is 0 Å². The van der Waals surface area contributed by atoms with Gasteiger partial charge in [0.25, 0.3) is 5.91 Å². The number of nitrogens with two attached hydrogens (primary N) is 1. The first kappa shape index (κ1) is 13.7. The van der Waals surface area contributed by atoms with Crippen LogP contribution in [-0.4, -0.2) is 16.1 Å². The molecule has 0 bridgehead atoms. The molecule has 1 aromatic carbocycles. The molecular formula is C12H10BrN3O2S. The van der Waals surface area contributed by atoms with E-state index >= 15 is 0 Å². The molecule has 0 unspecified atom stereocenters. The first-order valence-electron chi connectivity index (χ1n) is 5.31. The van der Waals surface area contributed by atoms with Crippen LogP contribution in [0.2, 0.25) is 0 Å². The van der Waals surface area contributed by atoms with Crippen LogP contribution in [0, 0.1) is 6.92 Å². The SMILES string of the molecule is Cc1cc(C(=O)Nc2ccc(Br)cc2C(N)=S)no1. The number of benzene rings is 1. The van der Waals surface area contributed by atoms with Crippen molar-refractivity contribution in [1.82, 2.24) is 5.16 Å². The van der Waals surface area contributed by atoms with Gasteiger partial charge in [-0.15, -0.1) is 0 Å². The average Bonchev–Trinajstić information content (AvgIpc) is 2.78. The molecule has 0 aliphatic carbocycles. The molecule has 1 aromatic heterocycles. The van der Waals surface area contributed by atoms with E-state index in [-0.39, 0.29) is 16.6 Å². The summed E-state index contributed by atoms with van der Waals surface area (Å²) in [6.07, 6.45) is 0. The summed E-state index contributed by atoms with van der Waals surface area (Å²) in [4.78, 5) is 12.2. The highest BCUT2D eigenvalue weighted by atomic mass is 79.9. The lowest BCUT2D eigenvalue weighted by Crippen LogP contribution is -2.17. The van der Waals surface area contributed by atoms with Crippen LogP contribution < -0.4 is 11.1 Å². The third kappa shape index (κ3) is 3.18. The van der Waals surface area contributed by atoms with Gasteiger partial charge in [-0.1, -0.05) is 33.3 Å². The third-order valence-electron chi connectivity index (χ3n) is 2.36. The Balaban J connectivity index is 2.28. The fourth-order valence-corrected chi connectivity index (χ4v) is 2.02. The molecule has 98 valence electrons. The van der Waals surface area contributed by atoms with Crippen molar-refractivity contribution < 1.29 is 9.32 Å². The number of thiocarbonyl (C=S) groups is 1. The first-order chi connectivity index (χ1) is 8.97. The third-order valence-corrected chi connectivity index (χ3v) is 3.07. The number of aryl methyl sites for hydroxylation is 1. The van der Waals surface area contributed by atoms with Crippen molar-refractivity contribution in [2.75, 3.05) is 5.32 Å². The van der Waals surface area contributed by atoms with Gasteiger partial charge in [-0.2, -0.15) is 0 Å². The van der Waals surface area contributed by atoms with Crippen LogP contribution in [0.15, 0.2) is 33.3 Å². The maximum atomic E-state index is 12.0. The summed E-state index contributed by atoms with van der Waals surface area (Å²) in [6, 6.07) is 6.79. The van der Waals surface area contributed by atoms with Crippen molar-refractivity contribution in [3.05, 3.63) is 45.8 Å². The summed E-state index contributed by atoms with van der Waals surface area (Å²) in [5.41, 5.74) is 6.94. The largest absolute Gasteiger partial charge is 0.389 e. The predicted octanol–water partition coefficient (Wildman–Crippen LogP) is 2.63. The maximum absolute atomic E-state index is 12.0. The van der Waals surface area contributed by atoms with E-state index < -0.39 is 0 Å². The van der Waals surface area contributed by atoms with E-state index in [2.05, 4.69) is 26.4 Å². The molecule has 0 atom stereocenters. The lowest BCUT2D eigenvalue weighted by atomic mass is 10.1. The Labute approximate surface area is 123 Å². The molecule has 5 nitrogen and oxygen atoms in total. The molecule has 19 heavy (non-hydrogen) atoms. The van der Waals surface area contributed by atoms with Crippen LogP contribution in [-0.2, 0) is 0 Å². The second-order valence-electron chi connectivity index (χ2n) is 3.83. The molecule has 1 heterocycles. The van der Waals surface area contributed by atoms with E-state index in [9.17, 15) is 4.79 Å². The molecule has 2 aromatic rings. The van der Waals surface area contributed by atoms with Crippen LogP contribution in [0.1, 0.15) is 21.8 Å². The van der Waals surface area contributed by atoms with Gasteiger partial charge in [0.15, 0.2) is 5.69 Å². The summed E-state index contributed by atoms with van der Waals surface area (Å²) in [5, 5.41) is 6.34. The maximum Gasteiger partial charge on any atom is 0.277 e. The second kappa shape index (κ2) is 5.50. The standard InChI is InChI=1S/C12H10BrN3O2S/c1-6-4-10(16-18-6)12(17)15-9-3-2-7(13)5-8(9)11(14)19/h2-5H,1H3,(H2,14,19)(H,15,17). The zero-order valence-electron chi connectivity index (χ0n) is 9.94.